The number of fused-ring (bicyclic) bond motifs is 1. The summed E-state index contributed by atoms with van der Waals surface area (Å²) in [6.07, 6.45) is 7.50. The molecule has 0 saturated heterocycles. The normalized spacial score (nSPS) is 12.1. The number of hydrogen-bond acceptors (Lipinski definition) is 5. The summed E-state index contributed by atoms with van der Waals surface area (Å²) in [7, 11) is 0. The Kier molecular flexibility index (Phi) is 7.17. The fourth-order valence-electron chi connectivity index (χ4n) is 4.36. The minimum Gasteiger partial charge on any atom is -0.358 e. The van der Waals surface area contributed by atoms with Crippen LogP contribution in [0.3, 0.4) is 0 Å². The van der Waals surface area contributed by atoms with Crippen molar-refractivity contribution in [3.05, 3.63) is 107 Å². The summed E-state index contributed by atoms with van der Waals surface area (Å²) in [5.41, 5.74) is 11.1. The molecule has 40 heavy (non-hydrogen) atoms. The van der Waals surface area contributed by atoms with E-state index in [4.69, 9.17) is 4.98 Å². The molecule has 0 bridgehead atoms. The van der Waals surface area contributed by atoms with Crippen molar-refractivity contribution < 1.29 is 0 Å². The van der Waals surface area contributed by atoms with Crippen molar-refractivity contribution in [2.24, 2.45) is 5.41 Å². The molecule has 5 aromatic heterocycles. The maximum atomic E-state index is 5.01. The van der Waals surface area contributed by atoms with Gasteiger partial charge in [-0.05, 0) is 55.8 Å². The molecule has 0 amide bonds. The van der Waals surface area contributed by atoms with E-state index in [9.17, 15) is 0 Å². The molecule has 5 aromatic rings. The van der Waals surface area contributed by atoms with Gasteiger partial charge < -0.3 is 10.3 Å². The second-order valence-electron chi connectivity index (χ2n) is 11.0. The average molecular weight is 547 g/mol. The summed E-state index contributed by atoms with van der Waals surface area (Å²) < 4.78 is 0. The fraction of sp³-hybridized carbons (Fsp3) is 0.182. The van der Waals surface area contributed by atoms with Gasteiger partial charge in [-0.25, -0.2) is 4.98 Å². The van der Waals surface area contributed by atoms with Crippen molar-refractivity contribution in [3.63, 3.8) is 0 Å². The van der Waals surface area contributed by atoms with Gasteiger partial charge in [-0.2, -0.15) is 5.10 Å². The molecule has 6 nitrogen and oxygen atoms in total. The van der Waals surface area contributed by atoms with E-state index in [-0.39, 0.29) is 5.41 Å². The van der Waals surface area contributed by atoms with Gasteiger partial charge in [0.25, 0.3) is 0 Å². The molecule has 5 heterocycles. The highest BCUT2D eigenvalue weighted by molar-refractivity contribution is 7.14. The van der Waals surface area contributed by atoms with Gasteiger partial charge in [0.15, 0.2) is 0 Å². The zero-order valence-corrected chi connectivity index (χ0v) is 24.5. The van der Waals surface area contributed by atoms with Crippen LogP contribution >= 0.6 is 11.3 Å². The number of nitrogens with zero attached hydrogens (tertiary/aromatic N) is 3. The molecular formula is C33H34N6S. The molecule has 202 valence electrons. The third-order valence-electron chi connectivity index (χ3n) is 6.78. The van der Waals surface area contributed by atoms with Crippen molar-refractivity contribution >= 4 is 39.2 Å². The first-order valence-electron chi connectivity index (χ1n) is 13.1. The second kappa shape index (κ2) is 10.6. The van der Waals surface area contributed by atoms with E-state index in [1.807, 2.05) is 37.4 Å². The molecular weight excluding hydrogens is 512 g/mol. The molecule has 0 atom stereocenters. The van der Waals surface area contributed by atoms with E-state index in [0.717, 1.165) is 72.3 Å². The summed E-state index contributed by atoms with van der Waals surface area (Å²) in [6, 6.07) is 12.4. The van der Waals surface area contributed by atoms with Gasteiger partial charge in [0, 0.05) is 49.5 Å². The smallest absolute Gasteiger partial charge is 0.135 e. The van der Waals surface area contributed by atoms with Gasteiger partial charge >= 0.3 is 0 Å². The maximum absolute atomic E-state index is 5.01. The van der Waals surface area contributed by atoms with Crippen LogP contribution in [-0.4, -0.2) is 25.1 Å². The summed E-state index contributed by atoms with van der Waals surface area (Å²) in [5, 5.41) is 11.2. The van der Waals surface area contributed by atoms with Crippen molar-refractivity contribution in [2.75, 3.05) is 5.32 Å². The van der Waals surface area contributed by atoms with Crippen molar-refractivity contribution in [2.45, 2.75) is 34.6 Å². The summed E-state index contributed by atoms with van der Waals surface area (Å²) >= 11 is 1.73. The van der Waals surface area contributed by atoms with E-state index >= 15 is 0 Å². The van der Waals surface area contributed by atoms with Gasteiger partial charge in [0.2, 0.25) is 0 Å². The van der Waals surface area contributed by atoms with E-state index < -0.39 is 0 Å². The highest BCUT2D eigenvalue weighted by atomic mass is 32.1. The second-order valence-corrected chi connectivity index (χ2v) is 12.0. The van der Waals surface area contributed by atoms with Crippen LogP contribution in [0.5, 0.6) is 0 Å². The summed E-state index contributed by atoms with van der Waals surface area (Å²) in [5.74, 6) is 0. The molecule has 0 aliphatic rings. The van der Waals surface area contributed by atoms with Crippen LogP contribution in [0.2, 0.25) is 0 Å². The number of allylic oxidation sites excluding steroid dienone is 4. The third-order valence-corrected chi connectivity index (χ3v) is 8.06. The molecule has 0 fully saturated rings. The van der Waals surface area contributed by atoms with Crippen LogP contribution in [-0.2, 0) is 0 Å². The zero-order valence-electron chi connectivity index (χ0n) is 23.6. The number of aromatic amines is 2. The lowest BCUT2D eigenvalue weighted by atomic mass is 9.93. The lowest BCUT2D eigenvalue weighted by Gasteiger charge is -2.23. The fourth-order valence-corrected chi connectivity index (χ4v) is 5.33. The number of nitrogens with one attached hydrogen (secondary N) is 3. The molecule has 3 N–H and O–H groups in total. The Morgan fingerprint density at radius 3 is 2.52 bits per heavy atom. The summed E-state index contributed by atoms with van der Waals surface area (Å²) in [6.45, 7) is 22.7. The first-order chi connectivity index (χ1) is 19.0. The molecule has 0 radical (unpaired) electrons. The largest absolute Gasteiger partial charge is 0.358 e. The number of rotatable bonds is 8. The van der Waals surface area contributed by atoms with Gasteiger partial charge in [-0.3, -0.25) is 10.1 Å². The van der Waals surface area contributed by atoms with Gasteiger partial charge in [0.1, 0.15) is 11.2 Å². The summed E-state index contributed by atoms with van der Waals surface area (Å²) in [4.78, 5) is 15.3. The molecule has 0 aromatic carbocycles. The molecule has 0 aliphatic carbocycles. The highest BCUT2D eigenvalue weighted by Crippen LogP contribution is 2.37. The predicted molar refractivity (Wildman–Crippen MR) is 170 cm³/mol. The monoisotopic (exact) mass is 546 g/mol. The molecule has 0 saturated carbocycles. The standard InChI is InChI=1S/C33H34N6S/c1-9-10-24(30-14-13-29(40-30)19(2)3)25-16-28(35-20(25)4)32-31-27(38-39-32)12-11-26(37-31)22-15-23(18-34-17-22)36-21(5)33(6,7)8/h9-18,35-36H,1-2,5H2,3-4,6-8H3,(H,38,39)/b24-10+. The lowest BCUT2D eigenvalue weighted by Crippen LogP contribution is -2.15. The molecule has 5 rings (SSSR count). The molecule has 0 unspecified atom stereocenters. The Morgan fingerprint density at radius 1 is 1.05 bits per heavy atom. The van der Waals surface area contributed by atoms with Crippen LogP contribution in [0.4, 0.5) is 5.69 Å². The van der Waals surface area contributed by atoms with E-state index in [1.54, 1.807) is 17.5 Å². The van der Waals surface area contributed by atoms with Gasteiger partial charge in [0.05, 0.1) is 28.8 Å². The quantitative estimate of drug-likeness (QED) is 0.170. The van der Waals surface area contributed by atoms with E-state index in [2.05, 4.69) is 97.2 Å². The average Bonchev–Trinajstić information content (AvgIpc) is 3.65. The van der Waals surface area contributed by atoms with Crippen LogP contribution in [0.1, 0.15) is 48.7 Å². The molecule has 0 aliphatic heterocycles. The minimum atomic E-state index is -0.0665. The number of aryl methyl sites for hydroxylation is 1. The van der Waals surface area contributed by atoms with Crippen LogP contribution < -0.4 is 5.32 Å². The molecule has 0 spiro atoms. The number of anilines is 1. The van der Waals surface area contributed by atoms with Crippen molar-refractivity contribution in [1.29, 1.82) is 0 Å². The van der Waals surface area contributed by atoms with Crippen molar-refractivity contribution in [1.82, 2.24) is 25.1 Å². The first-order valence-corrected chi connectivity index (χ1v) is 13.9. The lowest BCUT2D eigenvalue weighted by molar-refractivity contribution is 0.509. The van der Waals surface area contributed by atoms with Crippen LogP contribution in [0.25, 0.3) is 44.8 Å². The predicted octanol–water partition coefficient (Wildman–Crippen LogP) is 9.01. The van der Waals surface area contributed by atoms with Gasteiger partial charge in [-0.15, -0.1) is 11.3 Å². The highest BCUT2D eigenvalue weighted by Gasteiger charge is 2.19. The first kappa shape index (κ1) is 27.1. The number of aromatic nitrogens is 5. The van der Waals surface area contributed by atoms with Crippen molar-refractivity contribution in [3.8, 4) is 22.6 Å². The number of thiophene rings is 1. The maximum Gasteiger partial charge on any atom is 0.135 e. The third kappa shape index (κ3) is 5.33. The zero-order chi connectivity index (χ0) is 28.6. The number of hydrogen-bond donors (Lipinski definition) is 3. The SMILES string of the molecule is C=C/C=C(/c1ccc(C(=C)C)s1)c1cc(-c2n[nH]c3ccc(-c4cncc(NC(=C)C(C)(C)C)c4)nc23)[nH]c1C. The number of H-pyrrole nitrogens is 2. The Balaban J connectivity index is 1.52. The Hall–Kier alpha value is -4.49. The Labute approximate surface area is 239 Å². The van der Waals surface area contributed by atoms with E-state index in [0.29, 0.717) is 0 Å². The Morgan fingerprint density at radius 2 is 1.82 bits per heavy atom. The number of pyridine rings is 2. The van der Waals surface area contributed by atoms with Crippen LogP contribution in [0.15, 0.2) is 86.4 Å². The topological polar surface area (TPSA) is 82.3 Å². The molecule has 7 heteroatoms. The van der Waals surface area contributed by atoms with Gasteiger partial charge in [-0.1, -0.05) is 52.7 Å². The van der Waals surface area contributed by atoms with E-state index in [1.165, 1.54) is 4.88 Å². The minimum absolute atomic E-state index is 0.0665. The Bertz CT molecular complexity index is 1790. The van der Waals surface area contributed by atoms with Crippen LogP contribution in [0, 0.1) is 12.3 Å².